The van der Waals surface area contributed by atoms with E-state index in [9.17, 15) is 9.59 Å². The summed E-state index contributed by atoms with van der Waals surface area (Å²) in [6.45, 7) is 0. The Balaban J connectivity index is 1.95. The molecule has 0 atom stereocenters. The summed E-state index contributed by atoms with van der Waals surface area (Å²) in [6, 6.07) is 9.90. The standard InChI is InChI=1S/C18H16N2O5/c1-23-14-9-16(25-3)15(24-2)8-11(14)10-19-20-17(21)12-6-4-5-7-13(12)18(20)22/h4-10H,1-3H3. The molecule has 7 heteroatoms. The number of carbonyl (C=O) groups excluding carboxylic acids is 2. The first-order chi connectivity index (χ1) is 12.1. The SMILES string of the molecule is COc1cc(OC)c(OC)cc1C=NN1C(=O)c2ccccc2C1=O. The van der Waals surface area contributed by atoms with E-state index in [0.717, 1.165) is 5.01 Å². The van der Waals surface area contributed by atoms with Crippen molar-refractivity contribution < 1.29 is 23.8 Å². The molecule has 25 heavy (non-hydrogen) atoms. The number of imide groups is 1. The molecule has 0 aliphatic carbocycles. The van der Waals surface area contributed by atoms with E-state index < -0.39 is 11.8 Å². The largest absolute Gasteiger partial charge is 0.496 e. The van der Waals surface area contributed by atoms with Gasteiger partial charge in [0.2, 0.25) is 0 Å². The number of rotatable bonds is 5. The molecule has 2 aromatic rings. The Hall–Kier alpha value is -3.35. The fraction of sp³-hybridized carbons (Fsp3) is 0.167. The van der Waals surface area contributed by atoms with Crippen LogP contribution < -0.4 is 14.2 Å². The molecule has 0 bridgehead atoms. The summed E-state index contributed by atoms with van der Waals surface area (Å²) in [5, 5.41) is 4.88. The lowest BCUT2D eigenvalue weighted by atomic mass is 10.1. The highest BCUT2D eigenvalue weighted by Crippen LogP contribution is 2.34. The average Bonchev–Trinajstić information content (AvgIpc) is 2.90. The summed E-state index contributed by atoms with van der Waals surface area (Å²) in [6.07, 6.45) is 1.38. The smallest absolute Gasteiger partial charge is 0.282 e. The van der Waals surface area contributed by atoms with Crippen LogP contribution in [0.3, 0.4) is 0 Å². The van der Waals surface area contributed by atoms with Gasteiger partial charge < -0.3 is 14.2 Å². The van der Waals surface area contributed by atoms with E-state index >= 15 is 0 Å². The highest BCUT2D eigenvalue weighted by Gasteiger charge is 2.35. The summed E-state index contributed by atoms with van der Waals surface area (Å²) in [4.78, 5) is 24.6. The number of fused-ring (bicyclic) bond motifs is 1. The molecule has 0 fully saturated rings. The van der Waals surface area contributed by atoms with Crippen LogP contribution in [-0.4, -0.2) is 44.4 Å². The van der Waals surface area contributed by atoms with Gasteiger partial charge in [-0.1, -0.05) is 12.1 Å². The molecule has 3 rings (SSSR count). The topological polar surface area (TPSA) is 77.4 Å². The van der Waals surface area contributed by atoms with E-state index in [0.29, 0.717) is 33.9 Å². The Morgan fingerprint density at radius 3 is 1.88 bits per heavy atom. The van der Waals surface area contributed by atoms with Gasteiger partial charge in [-0.15, -0.1) is 0 Å². The maximum Gasteiger partial charge on any atom is 0.282 e. The van der Waals surface area contributed by atoms with Crippen molar-refractivity contribution in [1.29, 1.82) is 0 Å². The lowest BCUT2D eigenvalue weighted by Gasteiger charge is -2.12. The first-order valence-corrected chi connectivity index (χ1v) is 7.42. The molecule has 1 aliphatic heterocycles. The van der Waals surface area contributed by atoms with Gasteiger partial charge in [-0.2, -0.15) is 10.1 Å². The Morgan fingerprint density at radius 1 is 0.840 bits per heavy atom. The Morgan fingerprint density at radius 2 is 1.36 bits per heavy atom. The summed E-state index contributed by atoms with van der Waals surface area (Å²) in [7, 11) is 4.53. The number of carbonyl (C=O) groups is 2. The molecule has 0 radical (unpaired) electrons. The van der Waals surface area contributed by atoms with Crippen LogP contribution in [0.1, 0.15) is 26.3 Å². The summed E-state index contributed by atoms with van der Waals surface area (Å²) in [5.74, 6) is 0.523. The minimum Gasteiger partial charge on any atom is -0.496 e. The van der Waals surface area contributed by atoms with E-state index in [1.807, 2.05) is 0 Å². The number of nitrogens with zero attached hydrogens (tertiary/aromatic N) is 2. The molecule has 0 unspecified atom stereocenters. The third-order valence-electron chi connectivity index (χ3n) is 3.82. The van der Waals surface area contributed by atoms with Crippen molar-refractivity contribution in [2.24, 2.45) is 5.10 Å². The van der Waals surface area contributed by atoms with Gasteiger partial charge in [0.05, 0.1) is 38.7 Å². The highest BCUT2D eigenvalue weighted by atomic mass is 16.5. The lowest BCUT2D eigenvalue weighted by Crippen LogP contribution is -2.24. The van der Waals surface area contributed by atoms with Crippen molar-refractivity contribution in [3.8, 4) is 17.2 Å². The zero-order chi connectivity index (χ0) is 18.0. The van der Waals surface area contributed by atoms with E-state index in [1.54, 1.807) is 36.4 Å². The van der Waals surface area contributed by atoms with Crippen LogP contribution in [0.15, 0.2) is 41.5 Å². The zero-order valence-electron chi connectivity index (χ0n) is 14.0. The second kappa shape index (κ2) is 6.64. The normalized spacial score (nSPS) is 13.3. The maximum atomic E-state index is 12.3. The van der Waals surface area contributed by atoms with Crippen LogP contribution in [0.4, 0.5) is 0 Å². The minimum atomic E-state index is -0.462. The number of hydrogen-bond donors (Lipinski definition) is 0. The second-order valence-electron chi connectivity index (χ2n) is 5.16. The fourth-order valence-corrected chi connectivity index (χ4v) is 2.56. The first-order valence-electron chi connectivity index (χ1n) is 7.42. The van der Waals surface area contributed by atoms with Crippen LogP contribution in [0, 0.1) is 0 Å². The monoisotopic (exact) mass is 340 g/mol. The third-order valence-corrected chi connectivity index (χ3v) is 3.82. The molecular formula is C18H16N2O5. The van der Waals surface area contributed by atoms with Crippen LogP contribution in [0.25, 0.3) is 0 Å². The van der Waals surface area contributed by atoms with Crippen molar-refractivity contribution in [3.05, 3.63) is 53.1 Å². The zero-order valence-corrected chi connectivity index (χ0v) is 14.0. The average molecular weight is 340 g/mol. The second-order valence-corrected chi connectivity index (χ2v) is 5.16. The number of methoxy groups -OCH3 is 3. The van der Waals surface area contributed by atoms with Crippen LogP contribution in [-0.2, 0) is 0 Å². The number of ether oxygens (including phenoxy) is 3. The van der Waals surface area contributed by atoms with Gasteiger partial charge in [-0.25, -0.2) is 0 Å². The van der Waals surface area contributed by atoms with Crippen LogP contribution in [0.5, 0.6) is 17.2 Å². The quantitative estimate of drug-likeness (QED) is 0.617. The highest BCUT2D eigenvalue weighted by molar-refractivity contribution is 6.21. The molecule has 0 aromatic heterocycles. The maximum absolute atomic E-state index is 12.3. The molecule has 1 heterocycles. The van der Waals surface area contributed by atoms with Gasteiger partial charge in [0.1, 0.15) is 5.75 Å². The van der Waals surface area contributed by atoms with Crippen molar-refractivity contribution in [1.82, 2.24) is 5.01 Å². The van der Waals surface area contributed by atoms with Gasteiger partial charge in [-0.05, 0) is 18.2 Å². The number of amides is 2. The molecule has 1 aliphatic rings. The van der Waals surface area contributed by atoms with E-state index in [1.165, 1.54) is 27.5 Å². The lowest BCUT2D eigenvalue weighted by molar-refractivity contribution is 0.0660. The van der Waals surface area contributed by atoms with Crippen molar-refractivity contribution in [3.63, 3.8) is 0 Å². The molecule has 128 valence electrons. The Bertz CT molecular complexity index is 841. The van der Waals surface area contributed by atoms with Gasteiger partial charge in [0, 0.05) is 11.6 Å². The van der Waals surface area contributed by atoms with Gasteiger partial charge in [-0.3, -0.25) is 9.59 Å². The minimum absolute atomic E-state index is 0.337. The van der Waals surface area contributed by atoms with E-state index in [2.05, 4.69) is 5.10 Å². The van der Waals surface area contributed by atoms with Crippen LogP contribution >= 0.6 is 0 Å². The summed E-state index contributed by atoms with van der Waals surface area (Å²) < 4.78 is 15.8. The van der Waals surface area contributed by atoms with Crippen molar-refractivity contribution in [2.45, 2.75) is 0 Å². The third kappa shape index (κ3) is 2.80. The molecule has 7 nitrogen and oxygen atoms in total. The summed E-state index contributed by atoms with van der Waals surface area (Å²) >= 11 is 0. The van der Waals surface area contributed by atoms with Gasteiger partial charge in [0.15, 0.2) is 11.5 Å². The molecule has 0 saturated carbocycles. The molecule has 0 N–H and O–H groups in total. The molecular weight excluding hydrogens is 324 g/mol. The van der Waals surface area contributed by atoms with Gasteiger partial charge >= 0.3 is 0 Å². The van der Waals surface area contributed by atoms with Gasteiger partial charge in [0.25, 0.3) is 11.8 Å². The number of benzene rings is 2. The predicted octanol–water partition coefficient (Wildman–Crippen LogP) is 2.34. The number of hydrazone groups is 1. The number of hydrogen-bond acceptors (Lipinski definition) is 6. The molecule has 2 amide bonds. The van der Waals surface area contributed by atoms with E-state index in [-0.39, 0.29) is 0 Å². The molecule has 2 aromatic carbocycles. The predicted molar refractivity (Wildman–Crippen MR) is 90.6 cm³/mol. The first kappa shape index (κ1) is 16.5. The van der Waals surface area contributed by atoms with E-state index in [4.69, 9.17) is 14.2 Å². The molecule has 0 saturated heterocycles. The Kier molecular flexibility index (Phi) is 4.38. The fourth-order valence-electron chi connectivity index (χ4n) is 2.56. The summed E-state index contributed by atoms with van der Waals surface area (Å²) in [5.41, 5.74) is 1.21. The van der Waals surface area contributed by atoms with Crippen molar-refractivity contribution in [2.75, 3.05) is 21.3 Å². The molecule has 0 spiro atoms. The van der Waals surface area contributed by atoms with Crippen LogP contribution in [0.2, 0.25) is 0 Å². The van der Waals surface area contributed by atoms with Crippen molar-refractivity contribution >= 4 is 18.0 Å². The Labute approximate surface area is 144 Å².